The number of hydrogen-bond acceptors (Lipinski definition) is 4. The molecule has 0 saturated heterocycles. The first-order chi connectivity index (χ1) is 8.85. The second kappa shape index (κ2) is 4.76. The molecule has 19 heavy (non-hydrogen) atoms. The first-order valence-electron chi connectivity index (χ1n) is 5.98. The highest BCUT2D eigenvalue weighted by Gasteiger charge is 2.18. The minimum atomic E-state index is -0.303. The third kappa shape index (κ3) is 3.34. The molecule has 0 fully saturated rings. The van der Waals surface area contributed by atoms with Gasteiger partial charge < -0.3 is 15.5 Å². The van der Waals surface area contributed by atoms with Gasteiger partial charge in [-0.25, -0.2) is 0 Å². The van der Waals surface area contributed by atoms with Crippen molar-refractivity contribution in [2.24, 2.45) is 0 Å². The number of furan rings is 1. The average Bonchev–Trinajstić information content (AvgIpc) is 2.75. The van der Waals surface area contributed by atoms with Gasteiger partial charge in [0.05, 0.1) is 5.69 Å². The molecule has 0 radical (unpaired) electrons. The molecule has 5 nitrogen and oxygen atoms in total. The molecule has 3 N–H and O–H groups in total. The van der Waals surface area contributed by atoms with Crippen LogP contribution < -0.4 is 11.1 Å². The van der Waals surface area contributed by atoms with Crippen LogP contribution >= 0.6 is 0 Å². The number of carbonyl (C=O) groups is 1. The van der Waals surface area contributed by atoms with Gasteiger partial charge in [-0.2, -0.15) is 0 Å². The van der Waals surface area contributed by atoms with E-state index < -0.39 is 0 Å². The van der Waals surface area contributed by atoms with Crippen molar-refractivity contribution in [2.45, 2.75) is 26.3 Å². The predicted molar refractivity (Wildman–Crippen MR) is 73.6 cm³/mol. The molecule has 0 aliphatic rings. The average molecular weight is 259 g/mol. The lowest BCUT2D eigenvalue weighted by Crippen LogP contribution is -2.40. The molecular formula is C14H17N3O2. The van der Waals surface area contributed by atoms with E-state index >= 15 is 0 Å². The second-order valence-electron chi connectivity index (χ2n) is 5.37. The van der Waals surface area contributed by atoms with Crippen LogP contribution in [0.4, 0.5) is 5.69 Å². The summed E-state index contributed by atoms with van der Waals surface area (Å²) in [5.74, 6) is 0.599. The van der Waals surface area contributed by atoms with Gasteiger partial charge in [-0.1, -0.05) is 0 Å². The molecule has 1 amide bonds. The smallest absolute Gasteiger partial charge is 0.287 e. The fraction of sp³-hybridized carbons (Fsp3) is 0.286. The second-order valence-corrected chi connectivity index (χ2v) is 5.37. The van der Waals surface area contributed by atoms with Crippen LogP contribution in [0.25, 0.3) is 11.3 Å². The lowest BCUT2D eigenvalue weighted by molar-refractivity contribution is 0.0892. The quantitative estimate of drug-likeness (QED) is 0.868. The van der Waals surface area contributed by atoms with Crippen molar-refractivity contribution in [1.82, 2.24) is 10.3 Å². The maximum Gasteiger partial charge on any atom is 0.287 e. The molecule has 0 aliphatic carbocycles. The van der Waals surface area contributed by atoms with Gasteiger partial charge in [0.25, 0.3) is 5.91 Å². The molecule has 0 aromatic carbocycles. The largest absolute Gasteiger partial charge is 0.451 e. The number of nitrogens with zero attached hydrogens (tertiary/aromatic N) is 1. The number of carbonyl (C=O) groups excluding carboxylic acids is 1. The fourth-order valence-electron chi connectivity index (χ4n) is 1.61. The van der Waals surface area contributed by atoms with Crippen molar-refractivity contribution < 1.29 is 9.21 Å². The highest BCUT2D eigenvalue weighted by atomic mass is 16.3. The highest BCUT2D eigenvalue weighted by Crippen LogP contribution is 2.23. The summed E-state index contributed by atoms with van der Waals surface area (Å²) in [6.07, 6.45) is 3.19. The summed E-state index contributed by atoms with van der Waals surface area (Å²) < 4.78 is 5.52. The van der Waals surface area contributed by atoms with E-state index in [1.807, 2.05) is 20.8 Å². The van der Waals surface area contributed by atoms with E-state index in [2.05, 4.69) is 10.3 Å². The summed E-state index contributed by atoms with van der Waals surface area (Å²) in [4.78, 5) is 15.9. The maximum atomic E-state index is 11.9. The van der Waals surface area contributed by atoms with E-state index in [9.17, 15) is 4.79 Å². The van der Waals surface area contributed by atoms with E-state index in [1.165, 1.54) is 0 Å². The third-order valence-corrected chi connectivity index (χ3v) is 2.36. The minimum Gasteiger partial charge on any atom is -0.451 e. The van der Waals surface area contributed by atoms with Gasteiger partial charge >= 0.3 is 0 Å². The summed E-state index contributed by atoms with van der Waals surface area (Å²) >= 11 is 0. The number of amides is 1. The van der Waals surface area contributed by atoms with Crippen molar-refractivity contribution in [1.29, 1.82) is 0 Å². The van der Waals surface area contributed by atoms with Gasteiger partial charge in [-0.3, -0.25) is 9.78 Å². The number of nitrogen functional groups attached to an aromatic ring is 1. The molecule has 0 unspecified atom stereocenters. The van der Waals surface area contributed by atoms with Crippen LogP contribution in [0.2, 0.25) is 0 Å². The molecule has 100 valence electrons. The van der Waals surface area contributed by atoms with Crippen molar-refractivity contribution in [3.8, 4) is 11.3 Å². The Morgan fingerprint density at radius 1 is 1.32 bits per heavy atom. The first-order valence-corrected chi connectivity index (χ1v) is 5.98. The molecule has 5 heteroatoms. The van der Waals surface area contributed by atoms with Gasteiger partial charge in [-0.05, 0) is 39.0 Å². The van der Waals surface area contributed by atoms with Gasteiger partial charge in [0.15, 0.2) is 5.76 Å². The molecule has 0 bridgehead atoms. The van der Waals surface area contributed by atoms with Crippen molar-refractivity contribution in [2.75, 3.05) is 5.73 Å². The standard InChI is InChI=1S/C14H17N3O2/c1-14(2,3)17-13(18)12-5-4-11(19-12)9-6-10(15)8-16-7-9/h4-8H,15H2,1-3H3,(H,17,18). The molecule has 2 aromatic rings. The first kappa shape index (κ1) is 13.1. The van der Waals surface area contributed by atoms with E-state index in [0.29, 0.717) is 11.4 Å². The Labute approximate surface area is 111 Å². The van der Waals surface area contributed by atoms with E-state index in [4.69, 9.17) is 10.2 Å². The van der Waals surface area contributed by atoms with Crippen LogP contribution in [-0.2, 0) is 0 Å². The highest BCUT2D eigenvalue weighted by molar-refractivity contribution is 5.92. The summed E-state index contributed by atoms with van der Waals surface area (Å²) in [6.45, 7) is 5.74. The summed E-state index contributed by atoms with van der Waals surface area (Å²) in [5.41, 5.74) is 6.66. The number of rotatable bonds is 2. The van der Waals surface area contributed by atoms with Gasteiger partial charge in [0, 0.05) is 23.5 Å². The van der Waals surface area contributed by atoms with Crippen molar-refractivity contribution in [3.05, 3.63) is 36.4 Å². The van der Waals surface area contributed by atoms with E-state index in [0.717, 1.165) is 5.56 Å². The molecule has 0 aliphatic heterocycles. The summed E-state index contributed by atoms with van der Waals surface area (Å²) in [5, 5.41) is 2.84. The molecule has 2 rings (SSSR count). The van der Waals surface area contributed by atoms with Crippen LogP contribution in [-0.4, -0.2) is 16.4 Å². The molecule has 0 atom stereocenters. The normalized spacial score (nSPS) is 11.3. The Balaban J connectivity index is 2.22. The summed E-state index contributed by atoms with van der Waals surface area (Å²) in [7, 11) is 0. The number of hydrogen-bond donors (Lipinski definition) is 2. The summed E-state index contributed by atoms with van der Waals surface area (Å²) in [6, 6.07) is 5.12. The number of nitrogens with one attached hydrogen (secondary N) is 1. The maximum absolute atomic E-state index is 11.9. The topological polar surface area (TPSA) is 81.2 Å². The minimum absolute atomic E-state index is 0.240. The van der Waals surface area contributed by atoms with Crippen LogP contribution in [0.3, 0.4) is 0 Å². The van der Waals surface area contributed by atoms with E-state index in [1.54, 1.807) is 30.6 Å². The molecule has 0 spiro atoms. The Kier molecular flexibility index (Phi) is 3.29. The number of anilines is 1. The number of pyridine rings is 1. The lowest BCUT2D eigenvalue weighted by atomic mass is 10.1. The van der Waals surface area contributed by atoms with Crippen LogP contribution in [0.5, 0.6) is 0 Å². The molecule has 0 saturated carbocycles. The van der Waals surface area contributed by atoms with Gasteiger partial charge in [0.1, 0.15) is 5.76 Å². The predicted octanol–water partition coefficient (Wildman–Crippen LogP) is 2.45. The Bertz CT molecular complexity index is 597. The molecular weight excluding hydrogens is 242 g/mol. The zero-order valence-electron chi connectivity index (χ0n) is 11.2. The lowest BCUT2D eigenvalue weighted by Gasteiger charge is -2.19. The monoisotopic (exact) mass is 259 g/mol. The molecule has 2 aromatic heterocycles. The van der Waals surface area contributed by atoms with Gasteiger partial charge in [-0.15, -0.1) is 0 Å². The fourth-order valence-corrected chi connectivity index (χ4v) is 1.61. The Hall–Kier alpha value is -2.30. The van der Waals surface area contributed by atoms with Crippen LogP contribution in [0.1, 0.15) is 31.3 Å². The van der Waals surface area contributed by atoms with Gasteiger partial charge in [0.2, 0.25) is 0 Å². The van der Waals surface area contributed by atoms with E-state index in [-0.39, 0.29) is 17.2 Å². The van der Waals surface area contributed by atoms with Crippen molar-refractivity contribution in [3.63, 3.8) is 0 Å². The Morgan fingerprint density at radius 3 is 2.68 bits per heavy atom. The van der Waals surface area contributed by atoms with Crippen molar-refractivity contribution >= 4 is 11.6 Å². The number of aromatic nitrogens is 1. The molecule has 2 heterocycles. The number of nitrogens with two attached hydrogens (primary N) is 1. The Morgan fingerprint density at radius 2 is 2.05 bits per heavy atom. The zero-order valence-corrected chi connectivity index (χ0v) is 11.2. The van der Waals surface area contributed by atoms with Crippen LogP contribution in [0, 0.1) is 0 Å². The third-order valence-electron chi connectivity index (χ3n) is 2.36. The SMILES string of the molecule is CC(C)(C)NC(=O)c1ccc(-c2cncc(N)c2)o1. The van der Waals surface area contributed by atoms with Crippen LogP contribution in [0.15, 0.2) is 35.0 Å². The zero-order chi connectivity index (χ0) is 14.0.